The van der Waals surface area contributed by atoms with Gasteiger partial charge in [0.2, 0.25) is 0 Å². The highest BCUT2D eigenvalue weighted by molar-refractivity contribution is 5.81. The minimum absolute atomic E-state index is 0.129. The van der Waals surface area contributed by atoms with Crippen LogP contribution < -0.4 is 0 Å². The summed E-state index contributed by atoms with van der Waals surface area (Å²) in [7, 11) is 0. The van der Waals surface area contributed by atoms with Crippen LogP contribution in [0.15, 0.2) is 0 Å². The van der Waals surface area contributed by atoms with Gasteiger partial charge in [-0.25, -0.2) is 0 Å². The molecule has 0 heterocycles. The summed E-state index contributed by atoms with van der Waals surface area (Å²) in [6.45, 7) is 11.9. The molecule has 4 rings (SSSR count). The average Bonchev–Trinajstić information content (AvgIpc) is 3.01. The lowest BCUT2D eigenvalue weighted by atomic mass is 9.42. The monoisotopic (exact) mass is 418 g/mol. The van der Waals surface area contributed by atoms with Crippen molar-refractivity contribution in [3.63, 3.8) is 0 Å². The fourth-order valence-corrected chi connectivity index (χ4v) is 9.10. The Labute approximate surface area is 184 Å². The number of rotatable bonds is 5. The smallest absolute Gasteiger partial charge is 0.135 e. The summed E-state index contributed by atoms with van der Waals surface area (Å²) in [5.74, 6) is 4.13. The molecule has 4 saturated carbocycles. The van der Waals surface area contributed by atoms with Crippen molar-refractivity contribution < 1.29 is 15.0 Å². The topological polar surface area (TPSA) is 57.5 Å². The first-order valence-electron chi connectivity index (χ1n) is 12.9. The van der Waals surface area contributed by atoms with Gasteiger partial charge in [-0.1, -0.05) is 53.9 Å². The molecule has 0 unspecified atom stereocenters. The summed E-state index contributed by atoms with van der Waals surface area (Å²) >= 11 is 0. The highest BCUT2D eigenvalue weighted by Crippen LogP contribution is 2.69. The number of ketones is 1. The van der Waals surface area contributed by atoms with Crippen LogP contribution in [0.3, 0.4) is 0 Å². The number of aliphatic hydroxyl groups excluding tert-OH is 1. The van der Waals surface area contributed by atoms with Crippen LogP contribution in [0, 0.1) is 46.3 Å². The summed E-state index contributed by atoms with van der Waals surface area (Å²) in [6.07, 6.45) is 10.5. The fraction of sp³-hybridized carbons (Fsp3) is 0.963. The standard InChI is InChI=1S/C27H46O3/c1-17(2)7-6-8-18(3)21-9-10-22-20-15-24(29)27(30)16-19(28)11-14-26(27,5)23(20)12-13-25(21,22)4/h17-18,20-24,29-30H,6-16H2,1-5H3/t18-,20+,21-,22+,23+,24-,25-,26-,27+/m1/s1. The molecule has 0 radical (unpaired) electrons. The van der Waals surface area contributed by atoms with Crippen molar-refractivity contribution >= 4 is 5.78 Å². The minimum atomic E-state index is -1.21. The van der Waals surface area contributed by atoms with E-state index in [9.17, 15) is 15.0 Å². The van der Waals surface area contributed by atoms with Crippen LogP contribution in [0.4, 0.5) is 0 Å². The lowest BCUT2D eigenvalue weighted by Crippen LogP contribution is -2.68. The molecule has 0 aromatic carbocycles. The van der Waals surface area contributed by atoms with Gasteiger partial charge in [0.15, 0.2) is 0 Å². The largest absolute Gasteiger partial charge is 0.390 e. The highest BCUT2D eigenvalue weighted by atomic mass is 16.3. The first-order valence-corrected chi connectivity index (χ1v) is 12.9. The van der Waals surface area contributed by atoms with Crippen molar-refractivity contribution in [3.05, 3.63) is 0 Å². The second kappa shape index (κ2) is 7.87. The van der Waals surface area contributed by atoms with Gasteiger partial charge in [-0.3, -0.25) is 4.79 Å². The molecule has 0 saturated heterocycles. The van der Waals surface area contributed by atoms with Crippen molar-refractivity contribution in [1.29, 1.82) is 0 Å². The van der Waals surface area contributed by atoms with Gasteiger partial charge < -0.3 is 10.2 Å². The van der Waals surface area contributed by atoms with E-state index in [-0.39, 0.29) is 17.6 Å². The molecule has 0 aromatic rings. The molecule has 4 fully saturated rings. The Morgan fingerprint density at radius 2 is 1.77 bits per heavy atom. The van der Waals surface area contributed by atoms with E-state index in [1.165, 1.54) is 38.5 Å². The van der Waals surface area contributed by atoms with Gasteiger partial charge in [-0.15, -0.1) is 0 Å². The quantitative estimate of drug-likeness (QED) is 0.596. The van der Waals surface area contributed by atoms with E-state index in [4.69, 9.17) is 0 Å². The van der Waals surface area contributed by atoms with Crippen LogP contribution in [0.25, 0.3) is 0 Å². The molecule has 172 valence electrons. The number of aliphatic hydroxyl groups is 2. The van der Waals surface area contributed by atoms with Crippen LogP contribution in [0.5, 0.6) is 0 Å². The Kier molecular flexibility index (Phi) is 5.97. The van der Waals surface area contributed by atoms with E-state index in [0.29, 0.717) is 36.0 Å². The lowest BCUT2D eigenvalue weighted by Gasteiger charge is -2.64. The molecule has 4 aliphatic rings. The molecule has 9 atom stereocenters. The molecule has 0 spiro atoms. The number of hydrogen-bond donors (Lipinski definition) is 2. The van der Waals surface area contributed by atoms with E-state index in [1.54, 1.807) is 0 Å². The minimum Gasteiger partial charge on any atom is -0.390 e. The van der Waals surface area contributed by atoms with E-state index in [2.05, 4.69) is 34.6 Å². The zero-order valence-electron chi connectivity index (χ0n) is 20.1. The predicted octanol–water partition coefficient (Wildman–Crippen LogP) is 5.76. The first-order chi connectivity index (χ1) is 14.0. The second-order valence-corrected chi connectivity index (χ2v) is 12.7. The van der Waals surface area contributed by atoms with Crippen molar-refractivity contribution in [2.75, 3.05) is 0 Å². The van der Waals surface area contributed by atoms with Crippen LogP contribution in [0.2, 0.25) is 0 Å². The molecule has 30 heavy (non-hydrogen) atoms. The first kappa shape index (κ1) is 22.8. The molecule has 0 bridgehead atoms. The Morgan fingerprint density at radius 3 is 2.47 bits per heavy atom. The second-order valence-electron chi connectivity index (χ2n) is 12.7. The third-order valence-corrected chi connectivity index (χ3v) is 10.9. The van der Waals surface area contributed by atoms with Crippen LogP contribution in [-0.4, -0.2) is 27.7 Å². The Balaban J connectivity index is 1.54. The highest BCUT2D eigenvalue weighted by Gasteiger charge is 2.67. The maximum Gasteiger partial charge on any atom is 0.135 e. The Bertz CT molecular complexity index is 658. The lowest BCUT2D eigenvalue weighted by molar-refractivity contribution is -0.248. The van der Waals surface area contributed by atoms with Gasteiger partial charge in [0, 0.05) is 18.3 Å². The van der Waals surface area contributed by atoms with Gasteiger partial charge in [0.1, 0.15) is 11.4 Å². The van der Waals surface area contributed by atoms with Crippen LogP contribution in [-0.2, 0) is 4.79 Å². The maximum atomic E-state index is 12.2. The summed E-state index contributed by atoms with van der Waals surface area (Å²) in [5.41, 5.74) is -1.14. The SMILES string of the molecule is CC(C)CCC[C@@H](C)[C@H]1CC[C@H]2[C@@H]3C[C@@H](O)[C@@]4(O)CC(=O)CC[C@]4(C)[C@H]3CC[C@]12C. The zero-order valence-corrected chi connectivity index (χ0v) is 20.1. The van der Waals surface area contributed by atoms with Crippen molar-refractivity contribution in [3.8, 4) is 0 Å². The normalized spacial score (nSPS) is 49.5. The number of carbonyl (C=O) groups is 1. The van der Waals surface area contributed by atoms with Gasteiger partial charge in [-0.2, -0.15) is 0 Å². The van der Waals surface area contributed by atoms with Crippen LogP contribution in [0.1, 0.15) is 105 Å². The van der Waals surface area contributed by atoms with Gasteiger partial charge in [-0.05, 0) is 79.4 Å². The Hall–Kier alpha value is -0.410. The van der Waals surface area contributed by atoms with Crippen LogP contribution >= 0.6 is 0 Å². The number of carbonyl (C=O) groups excluding carboxylic acids is 1. The van der Waals surface area contributed by atoms with Crippen molar-refractivity contribution in [2.45, 2.75) is 117 Å². The van der Waals surface area contributed by atoms with Gasteiger partial charge in [0.05, 0.1) is 6.10 Å². The molecule has 0 amide bonds. The third kappa shape index (κ3) is 3.33. The summed E-state index contributed by atoms with van der Waals surface area (Å²) in [6, 6.07) is 0. The molecular weight excluding hydrogens is 372 g/mol. The van der Waals surface area contributed by atoms with E-state index in [0.717, 1.165) is 30.6 Å². The summed E-state index contributed by atoms with van der Waals surface area (Å²) < 4.78 is 0. The number of fused-ring (bicyclic) bond motifs is 5. The number of hydrogen-bond acceptors (Lipinski definition) is 3. The average molecular weight is 419 g/mol. The maximum absolute atomic E-state index is 12.2. The van der Waals surface area contributed by atoms with Crippen molar-refractivity contribution in [1.82, 2.24) is 0 Å². The Morgan fingerprint density at radius 1 is 1.03 bits per heavy atom. The summed E-state index contributed by atoms with van der Waals surface area (Å²) in [5, 5.41) is 22.7. The van der Waals surface area contributed by atoms with E-state index >= 15 is 0 Å². The van der Waals surface area contributed by atoms with Gasteiger partial charge in [0.25, 0.3) is 0 Å². The molecule has 4 aliphatic carbocycles. The third-order valence-electron chi connectivity index (χ3n) is 10.9. The fourth-order valence-electron chi connectivity index (χ4n) is 9.10. The van der Waals surface area contributed by atoms with E-state index < -0.39 is 11.7 Å². The number of Topliss-reactive ketones (excluding diaryl/α,β-unsaturated/α-hetero) is 1. The van der Waals surface area contributed by atoms with Gasteiger partial charge >= 0.3 is 0 Å². The molecule has 3 nitrogen and oxygen atoms in total. The molecule has 3 heteroatoms. The molecular formula is C27H46O3. The molecule has 2 N–H and O–H groups in total. The summed E-state index contributed by atoms with van der Waals surface area (Å²) in [4.78, 5) is 12.2. The molecule has 0 aliphatic heterocycles. The van der Waals surface area contributed by atoms with Crippen molar-refractivity contribution in [2.24, 2.45) is 46.3 Å². The molecule has 0 aromatic heterocycles. The predicted molar refractivity (Wildman–Crippen MR) is 121 cm³/mol. The van der Waals surface area contributed by atoms with E-state index in [1.807, 2.05) is 0 Å². The zero-order chi connectivity index (χ0) is 21.9.